The number of aromatic carboxylic acids is 1. The Morgan fingerprint density at radius 1 is 1.33 bits per heavy atom. The van der Waals surface area contributed by atoms with Crippen molar-refractivity contribution in [1.29, 1.82) is 0 Å². The summed E-state index contributed by atoms with van der Waals surface area (Å²) in [4.78, 5) is 37.3. The van der Waals surface area contributed by atoms with E-state index in [4.69, 9.17) is 0 Å². The van der Waals surface area contributed by atoms with Crippen molar-refractivity contribution < 1.29 is 19.5 Å². The third-order valence-electron chi connectivity index (χ3n) is 3.50. The van der Waals surface area contributed by atoms with E-state index in [0.29, 0.717) is 4.90 Å². The first kappa shape index (κ1) is 14.6. The predicted molar refractivity (Wildman–Crippen MR) is 80.2 cm³/mol. The topological polar surface area (TPSA) is 74.7 Å². The summed E-state index contributed by atoms with van der Waals surface area (Å²) in [5.74, 6) is -1.38. The molecule has 2 aliphatic rings. The average Bonchev–Trinajstić information content (AvgIpc) is 3.18. The zero-order valence-corrected chi connectivity index (χ0v) is 13.3. The van der Waals surface area contributed by atoms with Gasteiger partial charge in [0.25, 0.3) is 0 Å². The number of hydrogen-bond donors (Lipinski definition) is 1. The van der Waals surface area contributed by atoms with Crippen molar-refractivity contribution in [3.05, 3.63) is 28.2 Å². The molecule has 1 aromatic rings. The van der Waals surface area contributed by atoms with Crippen LogP contribution in [-0.2, 0) is 9.59 Å². The van der Waals surface area contributed by atoms with E-state index >= 15 is 0 Å². The van der Waals surface area contributed by atoms with Gasteiger partial charge in [0.1, 0.15) is 0 Å². The molecule has 2 amide bonds. The van der Waals surface area contributed by atoms with Crippen molar-refractivity contribution in [3.8, 4) is 0 Å². The van der Waals surface area contributed by atoms with Crippen LogP contribution in [0.3, 0.4) is 0 Å². The van der Waals surface area contributed by atoms with E-state index in [1.807, 2.05) is 0 Å². The molecule has 0 aromatic heterocycles. The molecule has 110 valence electrons. The van der Waals surface area contributed by atoms with Crippen LogP contribution < -0.4 is 0 Å². The zero-order valence-electron chi connectivity index (χ0n) is 10.9. The standard InChI is InChI=1S/C14H12BrNO4S/c15-7-1-4-9(14(19)20)10(5-7)21-11-6-12(17)16(13(11)18)8-2-3-8/h1,4-5,8,11H,2-3,6H2,(H,19,20). The van der Waals surface area contributed by atoms with Gasteiger partial charge in [0.2, 0.25) is 11.8 Å². The highest BCUT2D eigenvalue weighted by atomic mass is 79.9. The fourth-order valence-electron chi connectivity index (χ4n) is 2.35. The number of carbonyl (C=O) groups is 3. The number of carboxylic acid groups (broad SMARTS) is 1. The Kier molecular flexibility index (Phi) is 3.79. The van der Waals surface area contributed by atoms with Crippen molar-refractivity contribution >= 4 is 45.5 Å². The van der Waals surface area contributed by atoms with Crippen LogP contribution in [0.2, 0.25) is 0 Å². The maximum atomic E-state index is 12.3. The normalized spacial score (nSPS) is 22.0. The van der Waals surface area contributed by atoms with Gasteiger partial charge in [-0.2, -0.15) is 0 Å². The van der Waals surface area contributed by atoms with Crippen LogP contribution in [-0.4, -0.2) is 39.1 Å². The third kappa shape index (κ3) is 2.85. The summed E-state index contributed by atoms with van der Waals surface area (Å²) in [6, 6.07) is 4.88. The minimum absolute atomic E-state index is 0.0667. The first-order valence-corrected chi connectivity index (χ1v) is 8.20. The number of nitrogens with zero attached hydrogens (tertiary/aromatic N) is 1. The van der Waals surface area contributed by atoms with Gasteiger partial charge >= 0.3 is 5.97 Å². The molecule has 0 spiro atoms. The Hall–Kier alpha value is -1.34. The lowest BCUT2D eigenvalue weighted by molar-refractivity contribution is -0.138. The van der Waals surface area contributed by atoms with Gasteiger partial charge in [0.15, 0.2) is 0 Å². The molecule has 1 saturated carbocycles. The van der Waals surface area contributed by atoms with E-state index in [9.17, 15) is 19.5 Å². The summed E-state index contributed by atoms with van der Waals surface area (Å²) in [6.45, 7) is 0. The highest BCUT2D eigenvalue weighted by Gasteiger charge is 2.46. The maximum absolute atomic E-state index is 12.3. The van der Waals surface area contributed by atoms with Gasteiger partial charge in [0.05, 0.1) is 10.8 Å². The van der Waals surface area contributed by atoms with E-state index in [2.05, 4.69) is 15.9 Å². The van der Waals surface area contributed by atoms with Crippen LogP contribution in [0.25, 0.3) is 0 Å². The molecule has 1 heterocycles. The fourth-order valence-corrected chi connectivity index (χ4v) is 4.09. The monoisotopic (exact) mass is 369 g/mol. The van der Waals surface area contributed by atoms with Crippen LogP contribution in [0.4, 0.5) is 0 Å². The van der Waals surface area contributed by atoms with Crippen LogP contribution in [0, 0.1) is 0 Å². The van der Waals surface area contributed by atoms with Gasteiger partial charge in [-0.3, -0.25) is 14.5 Å². The SMILES string of the molecule is O=C(O)c1ccc(Br)cc1SC1CC(=O)N(C2CC2)C1=O. The summed E-state index contributed by atoms with van der Waals surface area (Å²) in [7, 11) is 0. The van der Waals surface area contributed by atoms with Crippen molar-refractivity contribution in [3.63, 3.8) is 0 Å². The Morgan fingerprint density at radius 2 is 2.05 bits per heavy atom. The fraction of sp³-hybridized carbons (Fsp3) is 0.357. The quantitative estimate of drug-likeness (QED) is 0.825. The number of hydrogen-bond acceptors (Lipinski definition) is 4. The van der Waals surface area contributed by atoms with Crippen molar-refractivity contribution in [2.24, 2.45) is 0 Å². The van der Waals surface area contributed by atoms with Gasteiger partial charge in [-0.25, -0.2) is 4.79 Å². The molecule has 0 radical (unpaired) electrons. The van der Waals surface area contributed by atoms with Crippen LogP contribution in [0.5, 0.6) is 0 Å². The molecule has 2 fully saturated rings. The van der Waals surface area contributed by atoms with E-state index in [1.165, 1.54) is 11.0 Å². The highest BCUT2D eigenvalue weighted by Crippen LogP contribution is 2.39. The molecule has 1 aliphatic heterocycles. The molecule has 5 nitrogen and oxygen atoms in total. The molecule has 1 N–H and O–H groups in total. The lowest BCUT2D eigenvalue weighted by atomic mass is 10.2. The lowest BCUT2D eigenvalue weighted by Crippen LogP contribution is -2.33. The Balaban J connectivity index is 1.84. The minimum Gasteiger partial charge on any atom is -0.478 e. The number of rotatable bonds is 4. The molecule has 1 atom stereocenters. The van der Waals surface area contributed by atoms with Gasteiger partial charge in [-0.15, -0.1) is 11.8 Å². The van der Waals surface area contributed by atoms with E-state index in [0.717, 1.165) is 29.1 Å². The summed E-state index contributed by atoms with van der Waals surface area (Å²) in [5, 5.41) is 8.68. The third-order valence-corrected chi connectivity index (χ3v) is 5.23. The second-order valence-corrected chi connectivity index (χ2v) is 7.25. The number of carbonyl (C=O) groups excluding carboxylic acids is 2. The maximum Gasteiger partial charge on any atom is 0.336 e. The summed E-state index contributed by atoms with van der Waals surface area (Å²) in [6.07, 6.45) is 1.91. The summed E-state index contributed by atoms with van der Waals surface area (Å²) < 4.78 is 0.742. The molecule has 3 rings (SSSR count). The van der Waals surface area contributed by atoms with E-state index in [1.54, 1.807) is 12.1 Å². The van der Waals surface area contributed by atoms with Crippen LogP contribution in [0.15, 0.2) is 27.6 Å². The van der Waals surface area contributed by atoms with E-state index in [-0.39, 0.29) is 29.8 Å². The largest absolute Gasteiger partial charge is 0.478 e. The number of halogens is 1. The summed E-state index contributed by atoms with van der Waals surface area (Å²) >= 11 is 4.46. The molecule has 1 aromatic carbocycles. The highest BCUT2D eigenvalue weighted by molar-refractivity contribution is 9.10. The molecule has 0 bridgehead atoms. The molecular formula is C14H12BrNO4S. The second kappa shape index (κ2) is 5.46. The van der Waals surface area contributed by atoms with Gasteiger partial charge < -0.3 is 5.11 Å². The van der Waals surface area contributed by atoms with Crippen LogP contribution >= 0.6 is 27.7 Å². The van der Waals surface area contributed by atoms with Crippen LogP contribution in [0.1, 0.15) is 29.6 Å². The first-order chi connectivity index (χ1) is 9.97. The Bertz CT molecular complexity index is 644. The molecule has 1 aliphatic carbocycles. The zero-order chi connectivity index (χ0) is 15.1. The van der Waals surface area contributed by atoms with Gasteiger partial charge in [-0.05, 0) is 31.0 Å². The number of likely N-dealkylation sites (tertiary alicyclic amines) is 1. The number of thioether (sulfide) groups is 1. The van der Waals surface area contributed by atoms with Gasteiger partial charge in [0, 0.05) is 21.8 Å². The van der Waals surface area contributed by atoms with Gasteiger partial charge in [-0.1, -0.05) is 15.9 Å². The molecular weight excluding hydrogens is 358 g/mol. The lowest BCUT2D eigenvalue weighted by Gasteiger charge is -2.14. The molecule has 1 unspecified atom stereocenters. The predicted octanol–water partition coefficient (Wildman–Crippen LogP) is 2.53. The molecule has 1 saturated heterocycles. The Morgan fingerprint density at radius 3 is 2.67 bits per heavy atom. The smallest absolute Gasteiger partial charge is 0.336 e. The van der Waals surface area contributed by atoms with Crippen molar-refractivity contribution in [1.82, 2.24) is 4.90 Å². The summed E-state index contributed by atoms with van der Waals surface area (Å²) in [5.41, 5.74) is 0.147. The number of amides is 2. The number of benzene rings is 1. The van der Waals surface area contributed by atoms with Crippen molar-refractivity contribution in [2.45, 2.75) is 35.4 Å². The number of imide groups is 1. The second-order valence-electron chi connectivity index (χ2n) is 5.09. The first-order valence-electron chi connectivity index (χ1n) is 6.53. The Labute approximate surface area is 133 Å². The molecule has 7 heteroatoms. The van der Waals surface area contributed by atoms with E-state index < -0.39 is 11.2 Å². The minimum atomic E-state index is -1.04. The average molecular weight is 370 g/mol. The number of carboxylic acids is 1. The van der Waals surface area contributed by atoms with Crippen molar-refractivity contribution in [2.75, 3.05) is 0 Å². The molecule has 21 heavy (non-hydrogen) atoms.